The number of hydrogen-bond donors (Lipinski definition) is 4. The molecule has 0 spiro atoms. The zero-order chi connectivity index (χ0) is 30.0. The van der Waals surface area contributed by atoms with Crippen LogP contribution in [0.25, 0.3) is 6.08 Å². The Balaban J connectivity index is 1.61. The molecule has 0 aliphatic carbocycles. The van der Waals surface area contributed by atoms with Gasteiger partial charge >= 0.3 is 17.9 Å². The average Bonchev–Trinajstić information content (AvgIpc) is 3.21. The Hall–Kier alpha value is -4.82. The van der Waals surface area contributed by atoms with Crippen LogP contribution in [0.5, 0.6) is 28.7 Å². The van der Waals surface area contributed by atoms with Gasteiger partial charge in [-0.2, -0.15) is 0 Å². The molecule has 41 heavy (non-hydrogen) atoms. The number of esters is 3. The van der Waals surface area contributed by atoms with Crippen molar-refractivity contribution in [1.29, 1.82) is 0 Å². The number of Topliss-reactive ketones (excluding diaryl/α,β-unsaturated/α-hetero) is 1. The molecule has 2 aromatic rings. The number of allylic oxidation sites excluding steroid dienone is 1. The van der Waals surface area contributed by atoms with Crippen LogP contribution in [0.1, 0.15) is 36.7 Å². The van der Waals surface area contributed by atoms with Gasteiger partial charge in [-0.1, -0.05) is 6.07 Å². The number of benzene rings is 2. The summed E-state index contributed by atoms with van der Waals surface area (Å²) in [6, 6.07) is 6.34. The van der Waals surface area contributed by atoms with Gasteiger partial charge in [0.05, 0.1) is 5.56 Å². The second-order valence-corrected chi connectivity index (χ2v) is 9.08. The number of aliphatic hydroxyl groups is 1. The first kappa shape index (κ1) is 29.2. The molecule has 0 amide bonds. The summed E-state index contributed by atoms with van der Waals surface area (Å²) in [6.07, 6.45) is -6.28. The highest BCUT2D eigenvalue weighted by atomic mass is 16.7. The second-order valence-electron chi connectivity index (χ2n) is 9.08. The Morgan fingerprint density at radius 2 is 1.61 bits per heavy atom. The summed E-state index contributed by atoms with van der Waals surface area (Å²) in [4.78, 5) is 47.7. The molecule has 1 saturated heterocycles. The van der Waals surface area contributed by atoms with Gasteiger partial charge in [0.1, 0.15) is 12.7 Å². The van der Waals surface area contributed by atoms with Gasteiger partial charge in [-0.25, -0.2) is 0 Å². The lowest BCUT2D eigenvalue weighted by Gasteiger charge is -2.42. The number of fused-ring (bicyclic) bond motifs is 1. The molecule has 2 aliphatic rings. The molecule has 2 unspecified atom stereocenters. The Morgan fingerprint density at radius 1 is 0.927 bits per heavy atom. The van der Waals surface area contributed by atoms with E-state index in [0.29, 0.717) is 5.56 Å². The fraction of sp³-hybridized carbons (Fsp3) is 0.333. The van der Waals surface area contributed by atoms with Crippen molar-refractivity contribution in [2.24, 2.45) is 0 Å². The topological polar surface area (TPSA) is 205 Å². The lowest BCUT2D eigenvalue weighted by molar-refractivity contribution is -0.285. The first-order valence-corrected chi connectivity index (χ1v) is 12.2. The van der Waals surface area contributed by atoms with Crippen LogP contribution in [0, 0.1) is 0 Å². The van der Waals surface area contributed by atoms with Crippen LogP contribution >= 0.6 is 0 Å². The Morgan fingerprint density at radius 3 is 2.24 bits per heavy atom. The summed E-state index contributed by atoms with van der Waals surface area (Å²) in [5, 5.41) is 41.0. The smallest absolute Gasteiger partial charge is 0.303 e. The monoisotopic (exact) mass is 574 g/mol. The van der Waals surface area contributed by atoms with Crippen LogP contribution in [0.4, 0.5) is 0 Å². The number of aromatic hydroxyl groups is 3. The number of ketones is 1. The van der Waals surface area contributed by atoms with Crippen molar-refractivity contribution in [3.05, 3.63) is 47.2 Å². The largest absolute Gasteiger partial charge is 0.504 e. The minimum Gasteiger partial charge on any atom is -0.504 e. The predicted octanol–water partition coefficient (Wildman–Crippen LogP) is 1.31. The number of carbonyl (C=O) groups excluding carboxylic acids is 4. The molecule has 5 atom stereocenters. The van der Waals surface area contributed by atoms with Crippen molar-refractivity contribution in [1.82, 2.24) is 0 Å². The van der Waals surface area contributed by atoms with E-state index in [1.54, 1.807) is 0 Å². The van der Waals surface area contributed by atoms with E-state index in [9.17, 15) is 39.6 Å². The summed E-state index contributed by atoms with van der Waals surface area (Å²) in [6.45, 7) is 2.81. The molecular formula is C27H26O14. The summed E-state index contributed by atoms with van der Waals surface area (Å²) in [5.74, 6) is -5.07. The summed E-state index contributed by atoms with van der Waals surface area (Å²) >= 11 is 0. The third-order valence-corrected chi connectivity index (χ3v) is 5.98. The van der Waals surface area contributed by atoms with Crippen LogP contribution in [0.3, 0.4) is 0 Å². The van der Waals surface area contributed by atoms with Crippen molar-refractivity contribution < 1.29 is 68.0 Å². The summed E-state index contributed by atoms with van der Waals surface area (Å²) in [7, 11) is 0. The van der Waals surface area contributed by atoms with Crippen molar-refractivity contribution in [3.63, 3.8) is 0 Å². The molecule has 0 saturated carbocycles. The maximum atomic E-state index is 12.8. The van der Waals surface area contributed by atoms with Crippen LogP contribution in [0.2, 0.25) is 0 Å². The first-order valence-electron chi connectivity index (χ1n) is 12.2. The Labute approximate surface area is 232 Å². The van der Waals surface area contributed by atoms with Gasteiger partial charge in [0.25, 0.3) is 0 Å². The molecular weight excluding hydrogens is 548 g/mol. The van der Waals surface area contributed by atoms with Crippen molar-refractivity contribution in [3.8, 4) is 28.7 Å². The fourth-order valence-electron chi connectivity index (χ4n) is 4.21. The zero-order valence-corrected chi connectivity index (χ0v) is 21.9. The van der Waals surface area contributed by atoms with Gasteiger partial charge in [0.2, 0.25) is 17.8 Å². The van der Waals surface area contributed by atoms with E-state index < -0.39 is 72.5 Å². The molecule has 2 aliphatic heterocycles. The Bertz CT molecular complexity index is 1410. The number of hydrogen-bond acceptors (Lipinski definition) is 14. The maximum Gasteiger partial charge on any atom is 0.303 e. The van der Waals surface area contributed by atoms with E-state index in [4.69, 9.17) is 28.4 Å². The SMILES string of the molecule is CC(=O)OCC1O[C@@H](Oc2ccc3c(c2O)O/C(=C\c2ccc(O)c(O)c2)C3=O)C(O)[C@@H](OC(C)=O)[C@@H]1OC(C)=O. The molecule has 2 aromatic carbocycles. The molecule has 218 valence electrons. The normalized spacial score (nSPS) is 24.2. The molecule has 2 heterocycles. The van der Waals surface area contributed by atoms with Crippen molar-refractivity contribution in [2.45, 2.75) is 51.5 Å². The van der Waals surface area contributed by atoms with Crippen LogP contribution in [0.15, 0.2) is 36.1 Å². The van der Waals surface area contributed by atoms with E-state index in [1.807, 2.05) is 0 Å². The van der Waals surface area contributed by atoms with Gasteiger partial charge < -0.3 is 48.8 Å². The molecule has 4 N–H and O–H groups in total. The minimum atomic E-state index is -1.76. The van der Waals surface area contributed by atoms with E-state index in [0.717, 1.165) is 20.8 Å². The van der Waals surface area contributed by atoms with Crippen molar-refractivity contribution in [2.75, 3.05) is 6.61 Å². The zero-order valence-electron chi connectivity index (χ0n) is 21.9. The van der Waals surface area contributed by atoms with E-state index in [-0.39, 0.29) is 28.6 Å². The molecule has 14 nitrogen and oxygen atoms in total. The van der Waals surface area contributed by atoms with Gasteiger partial charge in [0.15, 0.2) is 47.1 Å². The fourth-order valence-corrected chi connectivity index (χ4v) is 4.21. The summed E-state index contributed by atoms with van der Waals surface area (Å²) < 4.78 is 32.3. The van der Waals surface area contributed by atoms with Crippen LogP contribution in [-0.2, 0) is 33.3 Å². The molecule has 0 radical (unpaired) electrons. The van der Waals surface area contributed by atoms with Crippen LogP contribution < -0.4 is 9.47 Å². The van der Waals surface area contributed by atoms with E-state index in [2.05, 4.69) is 0 Å². The third kappa shape index (κ3) is 6.34. The predicted molar refractivity (Wildman–Crippen MR) is 134 cm³/mol. The quantitative estimate of drug-likeness (QED) is 0.159. The number of phenols is 3. The lowest BCUT2D eigenvalue weighted by atomic mass is 9.98. The summed E-state index contributed by atoms with van der Waals surface area (Å²) in [5.41, 5.74) is 0.304. The first-order chi connectivity index (χ1) is 19.3. The Kier molecular flexibility index (Phi) is 8.35. The van der Waals surface area contributed by atoms with E-state index in [1.165, 1.54) is 36.4 Å². The van der Waals surface area contributed by atoms with E-state index >= 15 is 0 Å². The van der Waals surface area contributed by atoms with Crippen molar-refractivity contribution >= 4 is 29.8 Å². The lowest BCUT2D eigenvalue weighted by Crippen LogP contribution is -2.62. The second kappa shape index (κ2) is 11.7. The average molecular weight is 574 g/mol. The highest BCUT2D eigenvalue weighted by Crippen LogP contribution is 2.46. The van der Waals surface area contributed by atoms with Gasteiger partial charge in [-0.3, -0.25) is 19.2 Å². The minimum absolute atomic E-state index is 0.0188. The molecule has 4 rings (SSSR count). The highest BCUT2D eigenvalue weighted by Gasteiger charge is 2.51. The maximum absolute atomic E-state index is 12.8. The molecule has 14 heteroatoms. The molecule has 0 bridgehead atoms. The van der Waals surface area contributed by atoms with Gasteiger partial charge in [-0.15, -0.1) is 0 Å². The third-order valence-electron chi connectivity index (χ3n) is 5.98. The highest BCUT2D eigenvalue weighted by molar-refractivity contribution is 6.15. The number of aliphatic hydroxyl groups excluding tert-OH is 1. The number of ether oxygens (including phenoxy) is 6. The number of rotatable bonds is 7. The number of phenolic OH excluding ortho intramolecular Hbond substituents is 3. The standard InChI is InChI=1S/C27H26O14/c1-11(28)36-10-20-25(37-12(2)29)26(38-13(3)30)23(35)27(41-20)40-18-7-5-15-21(33)19(39-24(15)22(18)34)9-14-4-6-16(31)17(32)8-14/h4-9,20,23,25-27,31-32,34-35H,10H2,1-3H3/b19-9-/t20?,23?,25-,26-,27-/m1/s1. The molecule has 0 aromatic heterocycles. The van der Waals surface area contributed by atoms with Gasteiger partial charge in [-0.05, 0) is 35.9 Å². The van der Waals surface area contributed by atoms with Gasteiger partial charge in [0, 0.05) is 20.8 Å². The molecule has 1 fully saturated rings. The van der Waals surface area contributed by atoms with Crippen LogP contribution in [-0.4, -0.2) is 81.4 Å². The number of carbonyl (C=O) groups is 4.